The van der Waals surface area contributed by atoms with Gasteiger partial charge in [-0.1, -0.05) is 6.07 Å². The van der Waals surface area contributed by atoms with Gasteiger partial charge in [-0.25, -0.2) is 13.1 Å². The van der Waals surface area contributed by atoms with Gasteiger partial charge in [-0.15, -0.1) is 0 Å². The lowest BCUT2D eigenvalue weighted by Gasteiger charge is -2.12. The molecule has 1 N–H and O–H groups in total. The second kappa shape index (κ2) is 6.66. The molecule has 0 radical (unpaired) electrons. The maximum absolute atomic E-state index is 13.0. The number of nitrogens with zero attached hydrogens (tertiary/aromatic N) is 2. The van der Waals surface area contributed by atoms with Crippen molar-refractivity contribution in [3.8, 4) is 6.07 Å². The van der Waals surface area contributed by atoms with Crippen LogP contribution in [-0.2, 0) is 21.0 Å². The van der Waals surface area contributed by atoms with Gasteiger partial charge >= 0.3 is 6.18 Å². The van der Waals surface area contributed by atoms with Gasteiger partial charge in [-0.2, -0.15) is 18.4 Å². The molecule has 2 atom stereocenters. The van der Waals surface area contributed by atoms with Crippen LogP contribution in [-0.4, -0.2) is 19.3 Å². The highest BCUT2D eigenvalue weighted by Crippen LogP contribution is 2.47. The summed E-state index contributed by atoms with van der Waals surface area (Å²) < 4.78 is 65.4. The van der Waals surface area contributed by atoms with Gasteiger partial charge < -0.3 is 0 Å². The van der Waals surface area contributed by atoms with Crippen LogP contribution in [0, 0.1) is 17.2 Å². The lowest BCUT2D eigenvalue weighted by Crippen LogP contribution is -2.32. The first-order valence-electron chi connectivity index (χ1n) is 7.71. The molecule has 0 spiro atoms. The van der Waals surface area contributed by atoms with Crippen molar-refractivity contribution in [2.75, 3.05) is 0 Å². The number of amides is 1. The minimum Gasteiger partial charge on any atom is -0.274 e. The smallest absolute Gasteiger partial charge is 0.274 e. The minimum atomic E-state index is -4.90. The van der Waals surface area contributed by atoms with Gasteiger partial charge in [-0.05, 0) is 42.2 Å². The number of nitriles is 1. The number of carbonyl (C=O) groups is 1. The summed E-state index contributed by atoms with van der Waals surface area (Å²) in [7, 11) is -4.50. The van der Waals surface area contributed by atoms with Crippen molar-refractivity contribution >= 4 is 15.9 Å². The van der Waals surface area contributed by atoms with Crippen molar-refractivity contribution in [2.24, 2.45) is 5.92 Å². The van der Waals surface area contributed by atoms with E-state index in [4.69, 9.17) is 5.26 Å². The third-order valence-electron chi connectivity index (χ3n) is 4.20. The van der Waals surface area contributed by atoms with Crippen LogP contribution in [0.3, 0.4) is 0 Å². The van der Waals surface area contributed by atoms with Gasteiger partial charge in [0.2, 0.25) is 5.91 Å². The first kappa shape index (κ1) is 18.8. The van der Waals surface area contributed by atoms with Crippen molar-refractivity contribution in [1.82, 2.24) is 9.71 Å². The summed E-state index contributed by atoms with van der Waals surface area (Å²) in [5.74, 6) is -1.56. The highest BCUT2D eigenvalue weighted by Gasteiger charge is 2.45. The molecule has 2 unspecified atom stereocenters. The topological polar surface area (TPSA) is 99.9 Å². The Hall–Kier alpha value is -2.93. The van der Waals surface area contributed by atoms with E-state index in [2.05, 4.69) is 4.98 Å². The molecule has 1 aromatic heterocycles. The zero-order valence-corrected chi connectivity index (χ0v) is 14.4. The highest BCUT2D eigenvalue weighted by atomic mass is 32.2. The van der Waals surface area contributed by atoms with Crippen LogP contribution >= 0.6 is 0 Å². The molecule has 1 saturated carbocycles. The SMILES string of the molecule is N#Cc1ccc(S(=O)(=O)NC(=O)C2CC2c2cccnc2)cc1C(F)(F)F. The maximum Gasteiger partial charge on any atom is 0.417 e. The Balaban J connectivity index is 1.80. The van der Waals surface area contributed by atoms with Crippen LogP contribution in [0.1, 0.15) is 29.0 Å². The fraction of sp³-hybridized carbons (Fsp3) is 0.235. The molecule has 1 heterocycles. The average Bonchev–Trinajstić information content (AvgIpc) is 3.42. The summed E-state index contributed by atoms with van der Waals surface area (Å²) in [6, 6.07) is 6.78. The third kappa shape index (κ3) is 3.93. The lowest BCUT2D eigenvalue weighted by atomic mass is 10.1. The number of hydrogen-bond donors (Lipinski definition) is 1. The quantitative estimate of drug-likeness (QED) is 0.858. The predicted molar refractivity (Wildman–Crippen MR) is 86.6 cm³/mol. The number of hydrogen-bond acceptors (Lipinski definition) is 5. The normalized spacial score (nSPS) is 19.2. The zero-order chi connectivity index (χ0) is 19.8. The molecule has 10 heteroatoms. The standard InChI is InChI=1S/C17H12F3N3O3S/c18-17(19,20)15-6-12(4-3-10(15)8-21)27(25,26)23-16(24)14-7-13(14)11-2-1-5-22-9-11/h1-6,9,13-14H,7H2,(H,23,24). The van der Waals surface area contributed by atoms with Crippen LogP contribution < -0.4 is 4.72 Å². The molecule has 1 aliphatic rings. The van der Waals surface area contributed by atoms with E-state index in [9.17, 15) is 26.4 Å². The number of nitrogens with one attached hydrogen (secondary N) is 1. The molecule has 1 amide bonds. The van der Waals surface area contributed by atoms with Crippen molar-refractivity contribution < 1.29 is 26.4 Å². The van der Waals surface area contributed by atoms with Crippen LogP contribution in [0.4, 0.5) is 13.2 Å². The molecule has 0 bridgehead atoms. The molecule has 6 nitrogen and oxygen atoms in total. The molecule has 27 heavy (non-hydrogen) atoms. The molecular weight excluding hydrogens is 383 g/mol. The summed E-state index contributed by atoms with van der Waals surface area (Å²) in [4.78, 5) is 15.4. The number of pyridine rings is 1. The van der Waals surface area contributed by atoms with Crippen LogP contribution in [0.15, 0.2) is 47.6 Å². The van der Waals surface area contributed by atoms with Crippen LogP contribution in [0.25, 0.3) is 0 Å². The van der Waals surface area contributed by atoms with E-state index in [1.807, 2.05) is 4.72 Å². The predicted octanol–water partition coefficient (Wildman–Crippen LogP) is 2.58. The summed E-state index contributed by atoms with van der Waals surface area (Å²) in [6.45, 7) is 0. The van der Waals surface area contributed by atoms with Gasteiger partial charge in [0.25, 0.3) is 10.0 Å². The molecule has 3 rings (SSSR count). The van der Waals surface area contributed by atoms with E-state index in [1.54, 1.807) is 24.5 Å². The van der Waals surface area contributed by atoms with Crippen LogP contribution in [0.5, 0.6) is 0 Å². The number of carbonyl (C=O) groups excluding carboxylic acids is 1. The van der Waals surface area contributed by atoms with E-state index < -0.39 is 44.0 Å². The third-order valence-corrected chi connectivity index (χ3v) is 5.55. The molecule has 1 aliphatic carbocycles. The average molecular weight is 395 g/mol. The summed E-state index contributed by atoms with van der Waals surface area (Å²) >= 11 is 0. The van der Waals surface area contributed by atoms with E-state index in [1.165, 1.54) is 6.07 Å². The fourth-order valence-electron chi connectivity index (χ4n) is 2.74. The Labute approximate surface area is 152 Å². The van der Waals surface area contributed by atoms with E-state index in [0.29, 0.717) is 12.5 Å². The van der Waals surface area contributed by atoms with Crippen molar-refractivity contribution in [2.45, 2.75) is 23.4 Å². The first-order chi connectivity index (χ1) is 12.6. The van der Waals surface area contributed by atoms with Crippen molar-refractivity contribution in [3.63, 3.8) is 0 Å². The van der Waals surface area contributed by atoms with Gasteiger partial charge in [0.05, 0.1) is 22.1 Å². The summed E-state index contributed by atoms with van der Waals surface area (Å²) in [5.41, 5.74) is -1.29. The Morgan fingerprint density at radius 3 is 2.63 bits per heavy atom. The molecule has 2 aromatic rings. The summed E-state index contributed by atoms with van der Waals surface area (Å²) in [6.07, 6.45) is -1.34. The van der Waals surface area contributed by atoms with Crippen molar-refractivity contribution in [3.05, 3.63) is 59.4 Å². The highest BCUT2D eigenvalue weighted by molar-refractivity contribution is 7.90. The number of halogens is 3. The van der Waals surface area contributed by atoms with E-state index >= 15 is 0 Å². The monoisotopic (exact) mass is 395 g/mol. The number of rotatable bonds is 4. The molecular formula is C17H12F3N3O3S. The summed E-state index contributed by atoms with van der Waals surface area (Å²) in [5, 5.41) is 8.77. The van der Waals surface area contributed by atoms with Gasteiger partial charge in [0.1, 0.15) is 0 Å². The van der Waals surface area contributed by atoms with E-state index in [-0.39, 0.29) is 5.92 Å². The molecule has 0 saturated heterocycles. The second-order valence-electron chi connectivity index (χ2n) is 6.02. The van der Waals surface area contributed by atoms with Crippen molar-refractivity contribution in [1.29, 1.82) is 5.26 Å². The van der Waals surface area contributed by atoms with Crippen LogP contribution in [0.2, 0.25) is 0 Å². The molecule has 1 aromatic carbocycles. The number of alkyl halides is 3. The van der Waals surface area contributed by atoms with Gasteiger partial charge in [0.15, 0.2) is 0 Å². The maximum atomic E-state index is 13.0. The largest absolute Gasteiger partial charge is 0.417 e. The molecule has 140 valence electrons. The second-order valence-corrected chi connectivity index (χ2v) is 7.70. The number of benzene rings is 1. The Bertz CT molecular complexity index is 1030. The zero-order valence-electron chi connectivity index (χ0n) is 13.6. The Morgan fingerprint density at radius 2 is 2.04 bits per heavy atom. The van der Waals surface area contributed by atoms with Gasteiger partial charge in [0, 0.05) is 18.3 Å². The Morgan fingerprint density at radius 1 is 1.30 bits per heavy atom. The molecule has 0 aliphatic heterocycles. The lowest BCUT2D eigenvalue weighted by molar-refractivity contribution is -0.137. The van der Waals surface area contributed by atoms with Gasteiger partial charge in [-0.3, -0.25) is 9.78 Å². The fourth-order valence-corrected chi connectivity index (χ4v) is 3.79. The number of sulfonamides is 1. The molecule has 1 fully saturated rings. The Kier molecular flexibility index (Phi) is 4.65. The minimum absolute atomic E-state index is 0.180. The number of aromatic nitrogens is 1. The van der Waals surface area contributed by atoms with E-state index in [0.717, 1.165) is 17.7 Å². The first-order valence-corrected chi connectivity index (χ1v) is 9.20.